The van der Waals surface area contributed by atoms with Crippen LogP contribution in [0.3, 0.4) is 0 Å². The lowest BCUT2D eigenvalue weighted by molar-refractivity contribution is -0.131. The fraction of sp³-hybridized carbons (Fsp3) is 0.318. The molecule has 1 aliphatic rings. The van der Waals surface area contributed by atoms with Gasteiger partial charge in [0.15, 0.2) is 0 Å². The number of carbonyl (C=O) groups excluding carboxylic acids is 1. The molecule has 0 unspecified atom stereocenters. The molecule has 6 nitrogen and oxygen atoms in total. The number of benzene rings is 2. The summed E-state index contributed by atoms with van der Waals surface area (Å²) in [5, 5.41) is 4.47. The number of likely N-dealkylation sites (tertiary alicyclic amines) is 1. The fourth-order valence-electron chi connectivity index (χ4n) is 3.87. The van der Waals surface area contributed by atoms with E-state index >= 15 is 0 Å². The topological polar surface area (TPSA) is 60.1 Å². The van der Waals surface area contributed by atoms with Crippen molar-refractivity contribution in [2.75, 3.05) is 13.1 Å². The first kappa shape index (κ1) is 19.1. The SMILES string of the molecule is Cn1nc(C2CCN(C(=O)Cc3ccccc3F)CC2)n(-c2ccccc2)c1=O. The maximum absolute atomic E-state index is 13.8. The van der Waals surface area contributed by atoms with Crippen LogP contribution >= 0.6 is 0 Å². The van der Waals surface area contributed by atoms with Crippen LogP contribution in [-0.4, -0.2) is 38.2 Å². The lowest BCUT2D eigenvalue weighted by Gasteiger charge is -2.31. The van der Waals surface area contributed by atoms with Gasteiger partial charge in [-0.25, -0.2) is 18.4 Å². The third-order valence-corrected chi connectivity index (χ3v) is 5.48. The van der Waals surface area contributed by atoms with Crippen LogP contribution in [0.25, 0.3) is 5.69 Å². The van der Waals surface area contributed by atoms with E-state index in [4.69, 9.17) is 0 Å². The fourth-order valence-corrected chi connectivity index (χ4v) is 3.87. The van der Waals surface area contributed by atoms with Gasteiger partial charge in [-0.05, 0) is 36.6 Å². The molecule has 2 aromatic carbocycles. The highest BCUT2D eigenvalue weighted by molar-refractivity contribution is 5.79. The zero-order valence-corrected chi connectivity index (χ0v) is 16.3. The molecule has 2 heterocycles. The number of hydrogen-bond donors (Lipinski definition) is 0. The van der Waals surface area contributed by atoms with Crippen LogP contribution in [0, 0.1) is 5.82 Å². The number of halogens is 1. The molecule has 1 amide bonds. The molecule has 1 aromatic heterocycles. The van der Waals surface area contributed by atoms with Crippen molar-refractivity contribution in [2.45, 2.75) is 25.2 Å². The Labute approximate surface area is 168 Å². The van der Waals surface area contributed by atoms with Gasteiger partial charge in [0.05, 0.1) is 12.1 Å². The maximum atomic E-state index is 13.8. The van der Waals surface area contributed by atoms with Crippen molar-refractivity contribution in [3.8, 4) is 5.69 Å². The van der Waals surface area contributed by atoms with Crippen LogP contribution in [0.15, 0.2) is 59.4 Å². The van der Waals surface area contributed by atoms with E-state index in [1.165, 1.54) is 10.7 Å². The van der Waals surface area contributed by atoms with E-state index in [0.717, 1.165) is 11.5 Å². The third kappa shape index (κ3) is 3.85. The Hall–Kier alpha value is -3.22. The highest BCUT2D eigenvalue weighted by Crippen LogP contribution is 2.28. The van der Waals surface area contributed by atoms with Crippen molar-refractivity contribution in [1.29, 1.82) is 0 Å². The van der Waals surface area contributed by atoms with Gasteiger partial charge in [-0.3, -0.25) is 4.79 Å². The zero-order chi connectivity index (χ0) is 20.4. The second kappa shape index (κ2) is 8.03. The lowest BCUT2D eigenvalue weighted by atomic mass is 9.95. The largest absolute Gasteiger partial charge is 0.350 e. The first-order chi connectivity index (χ1) is 14.0. The van der Waals surface area contributed by atoms with E-state index in [-0.39, 0.29) is 29.8 Å². The van der Waals surface area contributed by atoms with Gasteiger partial charge < -0.3 is 4.90 Å². The van der Waals surface area contributed by atoms with E-state index in [1.807, 2.05) is 30.3 Å². The third-order valence-electron chi connectivity index (χ3n) is 5.48. The molecule has 0 saturated carbocycles. The normalized spacial score (nSPS) is 14.9. The number of para-hydroxylation sites is 1. The Morgan fingerprint density at radius 2 is 1.72 bits per heavy atom. The van der Waals surface area contributed by atoms with Gasteiger partial charge in [-0.2, -0.15) is 5.10 Å². The molecule has 1 saturated heterocycles. The summed E-state index contributed by atoms with van der Waals surface area (Å²) < 4.78 is 16.8. The Morgan fingerprint density at radius 1 is 1.07 bits per heavy atom. The summed E-state index contributed by atoms with van der Waals surface area (Å²) in [6.07, 6.45) is 1.49. The minimum Gasteiger partial charge on any atom is -0.342 e. The first-order valence-corrected chi connectivity index (χ1v) is 9.77. The predicted molar refractivity (Wildman–Crippen MR) is 107 cm³/mol. The van der Waals surface area contributed by atoms with Crippen molar-refractivity contribution < 1.29 is 9.18 Å². The molecule has 0 atom stereocenters. The average molecular weight is 394 g/mol. The van der Waals surface area contributed by atoms with Crippen LogP contribution in [-0.2, 0) is 18.3 Å². The Morgan fingerprint density at radius 3 is 2.41 bits per heavy atom. The number of aryl methyl sites for hydroxylation is 1. The highest BCUT2D eigenvalue weighted by atomic mass is 19.1. The number of rotatable bonds is 4. The Bertz CT molecular complexity index is 1070. The zero-order valence-electron chi connectivity index (χ0n) is 16.3. The Kier molecular flexibility index (Phi) is 5.29. The standard InChI is InChI=1S/C22H23FN4O2/c1-25-22(29)27(18-8-3-2-4-9-18)21(24-25)16-11-13-26(14-12-16)20(28)15-17-7-5-6-10-19(17)23/h2-10,16H,11-15H2,1H3. The molecule has 0 radical (unpaired) electrons. The Balaban J connectivity index is 1.48. The molecule has 29 heavy (non-hydrogen) atoms. The van der Waals surface area contributed by atoms with E-state index < -0.39 is 0 Å². The molecule has 150 valence electrons. The summed E-state index contributed by atoms with van der Waals surface area (Å²) in [5.41, 5.74) is 1.03. The van der Waals surface area contributed by atoms with Crippen LogP contribution in [0.4, 0.5) is 4.39 Å². The number of amides is 1. The van der Waals surface area contributed by atoms with Crippen molar-refractivity contribution in [3.05, 3.63) is 82.3 Å². The number of hydrogen-bond acceptors (Lipinski definition) is 3. The summed E-state index contributed by atoms with van der Waals surface area (Å²) in [4.78, 5) is 27.0. The molecule has 0 bridgehead atoms. The van der Waals surface area contributed by atoms with Gasteiger partial charge in [0, 0.05) is 26.1 Å². The van der Waals surface area contributed by atoms with E-state index in [0.29, 0.717) is 31.5 Å². The molecule has 1 aliphatic heterocycles. The first-order valence-electron chi connectivity index (χ1n) is 9.77. The van der Waals surface area contributed by atoms with E-state index in [9.17, 15) is 14.0 Å². The highest BCUT2D eigenvalue weighted by Gasteiger charge is 2.29. The molecular weight excluding hydrogens is 371 g/mol. The number of piperidine rings is 1. The number of carbonyl (C=O) groups is 1. The monoisotopic (exact) mass is 394 g/mol. The van der Waals surface area contributed by atoms with Crippen molar-refractivity contribution in [1.82, 2.24) is 19.2 Å². The van der Waals surface area contributed by atoms with Crippen LogP contribution in [0.5, 0.6) is 0 Å². The predicted octanol–water partition coefficient (Wildman–Crippen LogP) is 2.66. The molecule has 0 N–H and O–H groups in total. The van der Waals surface area contributed by atoms with Gasteiger partial charge in [-0.1, -0.05) is 36.4 Å². The van der Waals surface area contributed by atoms with Gasteiger partial charge in [0.1, 0.15) is 11.6 Å². The summed E-state index contributed by atoms with van der Waals surface area (Å²) in [7, 11) is 1.65. The molecule has 4 rings (SSSR count). The number of aromatic nitrogens is 3. The minimum atomic E-state index is -0.351. The van der Waals surface area contributed by atoms with Crippen LogP contribution in [0.1, 0.15) is 30.1 Å². The molecule has 3 aromatic rings. The van der Waals surface area contributed by atoms with E-state index in [1.54, 1.807) is 34.7 Å². The second-order valence-electron chi connectivity index (χ2n) is 7.36. The molecule has 7 heteroatoms. The van der Waals surface area contributed by atoms with Crippen molar-refractivity contribution in [2.24, 2.45) is 7.05 Å². The second-order valence-corrected chi connectivity index (χ2v) is 7.36. The lowest BCUT2D eigenvalue weighted by Crippen LogP contribution is -2.39. The summed E-state index contributed by atoms with van der Waals surface area (Å²) in [6.45, 7) is 1.13. The minimum absolute atomic E-state index is 0.0651. The van der Waals surface area contributed by atoms with Crippen LogP contribution in [0.2, 0.25) is 0 Å². The smallest absolute Gasteiger partial charge is 0.342 e. The summed E-state index contributed by atoms with van der Waals surface area (Å²) in [6, 6.07) is 15.8. The molecular formula is C22H23FN4O2. The van der Waals surface area contributed by atoms with Gasteiger partial charge in [0.2, 0.25) is 5.91 Å². The van der Waals surface area contributed by atoms with Crippen molar-refractivity contribution >= 4 is 5.91 Å². The summed E-state index contributed by atoms with van der Waals surface area (Å²) >= 11 is 0. The van der Waals surface area contributed by atoms with E-state index in [2.05, 4.69) is 5.10 Å². The maximum Gasteiger partial charge on any atom is 0.350 e. The van der Waals surface area contributed by atoms with Crippen LogP contribution < -0.4 is 5.69 Å². The van der Waals surface area contributed by atoms with Gasteiger partial charge in [-0.15, -0.1) is 0 Å². The van der Waals surface area contributed by atoms with Crippen molar-refractivity contribution in [3.63, 3.8) is 0 Å². The van der Waals surface area contributed by atoms with Gasteiger partial charge in [0.25, 0.3) is 0 Å². The molecule has 1 fully saturated rings. The van der Waals surface area contributed by atoms with Gasteiger partial charge >= 0.3 is 5.69 Å². The quantitative estimate of drug-likeness (QED) is 0.684. The molecule has 0 aliphatic carbocycles. The molecule has 0 spiro atoms. The average Bonchev–Trinajstić information content (AvgIpc) is 3.05. The number of nitrogens with zero attached hydrogens (tertiary/aromatic N) is 4. The summed E-state index contributed by atoms with van der Waals surface area (Å²) in [5.74, 6) is 0.387.